The Morgan fingerprint density at radius 2 is 1.90 bits per heavy atom. The van der Waals surface area contributed by atoms with E-state index in [0.717, 1.165) is 0 Å². The number of halogens is 4. The molecule has 1 saturated heterocycles. The van der Waals surface area contributed by atoms with Crippen LogP contribution >= 0.6 is 11.6 Å². The number of H-pyrrole nitrogens is 1. The van der Waals surface area contributed by atoms with Crippen molar-refractivity contribution in [3.05, 3.63) is 11.5 Å². The molecule has 0 atom stereocenters. The zero-order valence-corrected chi connectivity index (χ0v) is 11.6. The zero-order valence-electron chi connectivity index (χ0n) is 10.9. The molecule has 1 fully saturated rings. The Morgan fingerprint density at radius 1 is 1.19 bits per heavy atom. The van der Waals surface area contributed by atoms with Crippen LogP contribution in [0.4, 0.5) is 19.0 Å². The molecule has 0 radical (unpaired) electrons. The van der Waals surface area contributed by atoms with Gasteiger partial charge in [0.25, 0.3) is 0 Å². The molecule has 2 aromatic rings. The predicted molar refractivity (Wildman–Crippen MR) is 71.4 cm³/mol. The molecule has 114 valence electrons. The normalized spacial score (nSPS) is 17.6. The predicted octanol–water partition coefficient (Wildman–Crippen LogP) is 1.69. The maximum absolute atomic E-state index is 12.4. The van der Waals surface area contributed by atoms with Crippen LogP contribution in [0.1, 0.15) is 0 Å². The van der Waals surface area contributed by atoms with E-state index in [2.05, 4.69) is 20.2 Å². The second kappa shape index (κ2) is 5.30. The topological polar surface area (TPSA) is 60.9 Å². The molecule has 2 aromatic heterocycles. The Bertz CT molecular complexity index is 634. The van der Waals surface area contributed by atoms with E-state index in [-0.39, 0.29) is 5.28 Å². The summed E-state index contributed by atoms with van der Waals surface area (Å²) in [5, 5.41) is 7.39. The summed E-state index contributed by atoms with van der Waals surface area (Å²) in [4.78, 5) is 11.5. The molecule has 1 N–H and O–H groups in total. The first-order valence-corrected chi connectivity index (χ1v) is 6.71. The monoisotopic (exact) mass is 320 g/mol. The van der Waals surface area contributed by atoms with E-state index >= 15 is 0 Å². The summed E-state index contributed by atoms with van der Waals surface area (Å²) in [5.74, 6) is 0.602. The molecule has 0 bridgehead atoms. The highest BCUT2D eigenvalue weighted by Gasteiger charge is 2.32. The minimum Gasteiger partial charge on any atom is -0.353 e. The number of anilines is 1. The van der Waals surface area contributed by atoms with Crippen molar-refractivity contribution in [2.75, 3.05) is 37.6 Å². The van der Waals surface area contributed by atoms with Gasteiger partial charge in [-0.3, -0.25) is 10.00 Å². The van der Waals surface area contributed by atoms with Crippen molar-refractivity contribution in [2.45, 2.75) is 6.18 Å². The maximum atomic E-state index is 12.4. The van der Waals surface area contributed by atoms with Crippen LogP contribution in [0, 0.1) is 0 Å². The van der Waals surface area contributed by atoms with Crippen molar-refractivity contribution in [3.63, 3.8) is 0 Å². The summed E-state index contributed by atoms with van der Waals surface area (Å²) in [5.41, 5.74) is 0.516. The van der Waals surface area contributed by atoms with Crippen molar-refractivity contribution in [2.24, 2.45) is 0 Å². The fourth-order valence-electron chi connectivity index (χ4n) is 2.41. The van der Waals surface area contributed by atoms with Gasteiger partial charge in [0, 0.05) is 26.2 Å². The molecule has 0 amide bonds. The molecule has 1 aliphatic rings. The van der Waals surface area contributed by atoms with Crippen molar-refractivity contribution in [1.29, 1.82) is 0 Å². The summed E-state index contributed by atoms with van der Waals surface area (Å²) in [6.45, 7) is 0.654. The average molecular weight is 321 g/mol. The van der Waals surface area contributed by atoms with Crippen LogP contribution in [0.2, 0.25) is 5.28 Å². The molecular formula is C11H12ClF3N6. The summed E-state index contributed by atoms with van der Waals surface area (Å²) < 4.78 is 37.1. The van der Waals surface area contributed by atoms with E-state index in [1.807, 2.05) is 4.90 Å². The number of hydrogen-bond donors (Lipinski definition) is 1. The van der Waals surface area contributed by atoms with Crippen molar-refractivity contribution in [1.82, 2.24) is 25.1 Å². The van der Waals surface area contributed by atoms with E-state index in [1.54, 1.807) is 6.20 Å². The molecule has 3 rings (SSSR count). The van der Waals surface area contributed by atoms with E-state index in [1.165, 1.54) is 4.90 Å². The van der Waals surface area contributed by atoms with Gasteiger partial charge in [-0.25, -0.2) is 0 Å². The molecule has 0 saturated carbocycles. The van der Waals surface area contributed by atoms with Crippen LogP contribution < -0.4 is 4.90 Å². The van der Waals surface area contributed by atoms with Gasteiger partial charge in [-0.1, -0.05) is 0 Å². The van der Waals surface area contributed by atoms with Crippen LogP contribution in [0.25, 0.3) is 11.0 Å². The summed E-state index contributed by atoms with van der Waals surface area (Å²) in [6, 6.07) is 0. The van der Waals surface area contributed by atoms with Gasteiger partial charge in [0.1, 0.15) is 5.82 Å². The lowest BCUT2D eigenvalue weighted by atomic mass is 10.3. The first-order valence-electron chi connectivity index (χ1n) is 6.33. The van der Waals surface area contributed by atoms with Crippen LogP contribution in [0.5, 0.6) is 0 Å². The van der Waals surface area contributed by atoms with Crippen LogP contribution in [0.3, 0.4) is 0 Å². The molecule has 21 heavy (non-hydrogen) atoms. The van der Waals surface area contributed by atoms with Gasteiger partial charge < -0.3 is 4.90 Å². The Kier molecular flexibility index (Phi) is 3.62. The summed E-state index contributed by atoms with van der Waals surface area (Å²) in [7, 11) is 0. The number of fused-ring (bicyclic) bond motifs is 1. The van der Waals surface area contributed by atoms with Gasteiger partial charge >= 0.3 is 6.18 Å². The fourth-order valence-corrected chi connectivity index (χ4v) is 2.57. The minimum absolute atomic E-state index is 0.0828. The second-order valence-corrected chi connectivity index (χ2v) is 5.16. The Morgan fingerprint density at radius 3 is 2.57 bits per heavy atom. The molecule has 6 nitrogen and oxygen atoms in total. The quantitative estimate of drug-likeness (QED) is 0.853. The molecule has 0 aliphatic carbocycles. The Labute approximate surface area is 122 Å². The summed E-state index contributed by atoms with van der Waals surface area (Å²) in [6.07, 6.45) is -2.58. The number of piperazine rings is 1. The molecule has 0 unspecified atom stereocenters. The Hall–Kier alpha value is -1.61. The molecule has 1 aliphatic heterocycles. The van der Waals surface area contributed by atoms with Crippen LogP contribution in [0.15, 0.2) is 6.20 Å². The second-order valence-electron chi connectivity index (χ2n) is 4.83. The number of alkyl halides is 3. The van der Waals surface area contributed by atoms with Gasteiger partial charge in [-0.15, -0.1) is 0 Å². The molecule has 10 heteroatoms. The minimum atomic E-state index is -4.17. The van der Waals surface area contributed by atoms with E-state index in [9.17, 15) is 13.2 Å². The van der Waals surface area contributed by atoms with Crippen molar-refractivity contribution < 1.29 is 13.2 Å². The van der Waals surface area contributed by atoms with Gasteiger partial charge in [-0.2, -0.15) is 28.2 Å². The third-order valence-electron chi connectivity index (χ3n) is 3.34. The molecule has 0 spiro atoms. The first kappa shape index (κ1) is 14.3. The van der Waals surface area contributed by atoms with E-state index < -0.39 is 12.7 Å². The number of aromatic nitrogens is 4. The van der Waals surface area contributed by atoms with Crippen molar-refractivity contribution in [3.8, 4) is 0 Å². The lowest BCUT2D eigenvalue weighted by molar-refractivity contribution is -0.146. The summed E-state index contributed by atoms with van der Waals surface area (Å²) >= 11 is 5.86. The highest BCUT2D eigenvalue weighted by molar-refractivity contribution is 6.28. The van der Waals surface area contributed by atoms with Gasteiger partial charge in [0.2, 0.25) is 5.28 Å². The first-order chi connectivity index (χ1) is 9.92. The van der Waals surface area contributed by atoms with Gasteiger partial charge in [0.15, 0.2) is 5.65 Å². The molecule has 0 aromatic carbocycles. The number of hydrogen-bond acceptors (Lipinski definition) is 5. The third kappa shape index (κ3) is 3.18. The average Bonchev–Trinajstić information content (AvgIpc) is 2.85. The number of rotatable bonds is 2. The number of nitrogens with one attached hydrogen (secondary N) is 1. The highest BCUT2D eigenvalue weighted by atomic mass is 35.5. The lowest BCUT2D eigenvalue weighted by Gasteiger charge is -2.35. The third-order valence-corrected chi connectivity index (χ3v) is 3.51. The Balaban J connectivity index is 1.75. The molecular weight excluding hydrogens is 309 g/mol. The zero-order chi connectivity index (χ0) is 15.0. The van der Waals surface area contributed by atoms with Crippen molar-refractivity contribution >= 4 is 28.5 Å². The SMILES string of the molecule is FC(F)(F)CN1CCN(c2nc(Cl)nc3[nH]ncc23)CC1. The highest BCUT2D eigenvalue weighted by Crippen LogP contribution is 2.25. The van der Waals surface area contributed by atoms with Crippen LogP contribution in [-0.2, 0) is 0 Å². The fraction of sp³-hybridized carbons (Fsp3) is 0.545. The maximum Gasteiger partial charge on any atom is 0.401 e. The van der Waals surface area contributed by atoms with Crippen LogP contribution in [-0.4, -0.2) is 64.0 Å². The van der Waals surface area contributed by atoms with E-state index in [0.29, 0.717) is 43.0 Å². The van der Waals surface area contributed by atoms with Gasteiger partial charge in [0.05, 0.1) is 18.1 Å². The lowest BCUT2D eigenvalue weighted by Crippen LogP contribution is -2.49. The van der Waals surface area contributed by atoms with E-state index in [4.69, 9.17) is 11.6 Å². The number of aromatic amines is 1. The molecule has 3 heterocycles. The van der Waals surface area contributed by atoms with Gasteiger partial charge in [-0.05, 0) is 11.6 Å². The standard InChI is InChI=1S/C11H12ClF3N6/c12-10-17-8-7(5-16-19-8)9(18-10)21-3-1-20(2-4-21)6-11(13,14)15/h5H,1-4,6H2,(H,16,17,18,19). The smallest absolute Gasteiger partial charge is 0.353 e. The largest absolute Gasteiger partial charge is 0.401 e. The number of nitrogens with zero attached hydrogens (tertiary/aromatic N) is 5.